The minimum Gasteiger partial charge on any atom is -0.493 e. The third kappa shape index (κ3) is 3.05. The van der Waals surface area contributed by atoms with Crippen LogP contribution in [0.15, 0.2) is 36.4 Å². The van der Waals surface area contributed by atoms with Crippen molar-refractivity contribution in [1.29, 1.82) is 0 Å². The lowest BCUT2D eigenvalue weighted by Crippen LogP contribution is -2.04. The molecule has 1 N–H and O–H groups in total. The molecule has 0 saturated carbocycles. The number of thiazole rings is 1. The predicted molar refractivity (Wildman–Crippen MR) is 95.3 cm³/mol. The first-order chi connectivity index (χ1) is 11.1. The number of rotatable bonds is 4. The van der Waals surface area contributed by atoms with Gasteiger partial charge in [0.25, 0.3) is 0 Å². The summed E-state index contributed by atoms with van der Waals surface area (Å²) in [6.07, 6.45) is 0. The van der Waals surface area contributed by atoms with Crippen molar-refractivity contribution < 1.29 is 9.53 Å². The molecule has 0 bridgehead atoms. The van der Waals surface area contributed by atoms with Gasteiger partial charge in [-0.05, 0) is 30.7 Å². The molecule has 3 aromatic rings. The first-order valence-electron chi connectivity index (χ1n) is 7.50. The van der Waals surface area contributed by atoms with Gasteiger partial charge in [0.2, 0.25) is 5.91 Å². The fraction of sp³-hybridized carbons (Fsp3) is 0.222. The fourth-order valence-electron chi connectivity index (χ4n) is 2.59. The number of aryl methyl sites for hydroxylation is 1. The second-order valence-electron chi connectivity index (χ2n) is 5.21. The maximum absolute atomic E-state index is 11.3. The minimum atomic E-state index is -0.117. The lowest BCUT2D eigenvalue weighted by atomic mass is 10.0. The zero-order chi connectivity index (χ0) is 16.4. The highest BCUT2D eigenvalue weighted by molar-refractivity contribution is 7.19. The number of nitrogens with one attached hydrogen (secondary N) is 1. The summed E-state index contributed by atoms with van der Waals surface area (Å²) in [6.45, 7) is 6.01. The topological polar surface area (TPSA) is 51.2 Å². The Morgan fingerprint density at radius 2 is 2.04 bits per heavy atom. The minimum absolute atomic E-state index is 0.117. The second-order valence-corrected chi connectivity index (χ2v) is 6.21. The Morgan fingerprint density at radius 3 is 2.78 bits per heavy atom. The largest absolute Gasteiger partial charge is 0.493 e. The van der Waals surface area contributed by atoms with Gasteiger partial charge in [0.05, 0.1) is 17.2 Å². The van der Waals surface area contributed by atoms with Crippen LogP contribution >= 0.6 is 11.3 Å². The van der Waals surface area contributed by atoms with Crippen molar-refractivity contribution >= 4 is 33.1 Å². The molecule has 0 fully saturated rings. The number of hydrogen-bond donors (Lipinski definition) is 1. The number of anilines is 1. The first-order valence-corrected chi connectivity index (χ1v) is 8.31. The molecular weight excluding hydrogens is 308 g/mol. The number of carbonyl (C=O) groups is 1. The highest BCUT2D eigenvalue weighted by Crippen LogP contribution is 2.42. The summed E-state index contributed by atoms with van der Waals surface area (Å²) in [6, 6.07) is 12.3. The Bertz CT molecular complexity index is 871. The van der Waals surface area contributed by atoms with Gasteiger partial charge in [0, 0.05) is 12.5 Å². The van der Waals surface area contributed by atoms with Gasteiger partial charge in [-0.2, -0.15) is 0 Å². The number of carbonyl (C=O) groups excluding carboxylic acids is 1. The van der Waals surface area contributed by atoms with E-state index in [-0.39, 0.29) is 5.91 Å². The van der Waals surface area contributed by atoms with Crippen LogP contribution in [0.1, 0.15) is 19.5 Å². The van der Waals surface area contributed by atoms with Crippen LogP contribution in [0.4, 0.5) is 5.13 Å². The lowest BCUT2D eigenvalue weighted by Gasteiger charge is -2.12. The zero-order valence-corrected chi connectivity index (χ0v) is 14.2. The third-order valence-corrected chi connectivity index (χ3v) is 4.59. The fourth-order valence-corrected chi connectivity index (χ4v) is 3.67. The van der Waals surface area contributed by atoms with Crippen LogP contribution in [0.25, 0.3) is 21.2 Å². The van der Waals surface area contributed by atoms with Crippen LogP contribution in [-0.2, 0) is 4.79 Å². The van der Waals surface area contributed by atoms with Crippen molar-refractivity contribution in [3.63, 3.8) is 0 Å². The van der Waals surface area contributed by atoms with Crippen LogP contribution in [0.2, 0.25) is 0 Å². The van der Waals surface area contributed by atoms with Crippen molar-refractivity contribution in [2.75, 3.05) is 11.9 Å². The maximum atomic E-state index is 11.3. The molecule has 1 aromatic heterocycles. The molecular formula is C18H18N2O2S. The summed E-state index contributed by atoms with van der Waals surface area (Å²) >= 11 is 1.47. The summed E-state index contributed by atoms with van der Waals surface area (Å²) in [7, 11) is 0. The summed E-state index contributed by atoms with van der Waals surface area (Å²) in [5, 5.41) is 5.65. The lowest BCUT2D eigenvalue weighted by molar-refractivity contribution is -0.114. The van der Waals surface area contributed by atoms with Crippen molar-refractivity contribution in [3.8, 4) is 16.2 Å². The van der Waals surface area contributed by atoms with Crippen molar-refractivity contribution in [3.05, 3.63) is 42.1 Å². The van der Waals surface area contributed by atoms with E-state index in [0.29, 0.717) is 11.7 Å². The Labute approximate surface area is 139 Å². The molecule has 0 aliphatic rings. The standard InChI is InChI=1S/C18H18N2O2S/c1-4-22-15-10-9-13-7-5-6-8-14(13)16(15)17-11(2)19-18(23-17)20-12(3)21/h5-10H,4H2,1-3H3,(H,19,20,21). The van der Waals surface area contributed by atoms with Gasteiger partial charge in [-0.1, -0.05) is 41.7 Å². The van der Waals surface area contributed by atoms with Crippen LogP contribution in [-0.4, -0.2) is 17.5 Å². The molecule has 0 atom stereocenters. The molecule has 5 heteroatoms. The Hall–Kier alpha value is -2.40. The van der Waals surface area contributed by atoms with Crippen LogP contribution in [0, 0.1) is 6.92 Å². The van der Waals surface area contributed by atoms with E-state index >= 15 is 0 Å². The number of fused-ring (bicyclic) bond motifs is 1. The van der Waals surface area contributed by atoms with Gasteiger partial charge < -0.3 is 10.1 Å². The van der Waals surface area contributed by atoms with Gasteiger partial charge in [-0.15, -0.1) is 0 Å². The number of hydrogen-bond acceptors (Lipinski definition) is 4. The predicted octanol–water partition coefficient (Wildman–Crippen LogP) is 4.63. The summed E-state index contributed by atoms with van der Waals surface area (Å²) in [5.41, 5.74) is 1.92. The number of ether oxygens (including phenoxy) is 1. The maximum Gasteiger partial charge on any atom is 0.223 e. The normalized spacial score (nSPS) is 10.7. The molecule has 0 aliphatic heterocycles. The average molecular weight is 326 g/mol. The number of nitrogens with zero attached hydrogens (tertiary/aromatic N) is 1. The van der Waals surface area contributed by atoms with E-state index in [1.54, 1.807) is 0 Å². The van der Waals surface area contributed by atoms with Crippen LogP contribution in [0.5, 0.6) is 5.75 Å². The molecule has 0 aliphatic carbocycles. The van der Waals surface area contributed by atoms with E-state index in [0.717, 1.165) is 32.7 Å². The highest BCUT2D eigenvalue weighted by Gasteiger charge is 2.17. The molecule has 118 valence electrons. The molecule has 0 saturated heterocycles. The number of amides is 1. The molecule has 0 unspecified atom stereocenters. The smallest absolute Gasteiger partial charge is 0.223 e. The van der Waals surface area contributed by atoms with E-state index in [2.05, 4.69) is 28.5 Å². The van der Waals surface area contributed by atoms with Crippen molar-refractivity contribution in [2.24, 2.45) is 0 Å². The monoisotopic (exact) mass is 326 g/mol. The third-order valence-electron chi connectivity index (χ3n) is 3.50. The van der Waals surface area contributed by atoms with E-state index in [1.165, 1.54) is 18.3 Å². The zero-order valence-electron chi connectivity index (χ0n) is 13.3. The van der Waals surface area contributed by atoms with E-state index in [4.69, 9.17) is 4.74 Å². The molecule has 2 aromatic carbocycles. The van der Waals surface area contributed by atoms with Gasteiger partial charge >= 0.3 is 0 Å². The number of benzene rings is 2. The molecule has 1 heterocycles. The Morgan fingerprint density at radius 1 is 1.26 bits per heavy atom. The summed E-state index contributed by atoms with van der Waals surface area (Å²) < 4.78 is 5.84. The highest BCUT2D eigenvalue weighted by atomic mass is 32.1. The van der Waals surface area contributed by atoms with E-state index in [1.807, 2.05) is 32.0 Å². The molecule has 23 heavy (non-hydrogen) atoms. The number of aromatic nitrogens is 1. The van der Waals surface area contributed by atoms with Crippen molar-refractivity contribution in [2.45, 2.75) is 20.8 Å². The van der Waals surface area contributed by atoms with Crippen LogP contribution < -0.4 is 10.1 Å². The van der Waals surface area contributed by atoms with Gasteiger partial charge in [0.1, 0.15) is 5.75 Å². The molecule has 3 rings (SSSR count). The Kier molecular flexibility index (Phi) is 4.30. The van der Waals surface area contributed by atoms with Gasteiger partial charge in [0.15, 0.2) is 5.13 Å². The molecule has 0 spiro atoms. The molecule has 4 nitrogen and oxygen atoms in total. The second kappa shape index (κ2) is 6.38. The summed E-state index contributed by atoms with van der Waals surface area (Å²) in [4.78, 5) is 16.8. The van der Waals surface area contributed by atoms with Gasteiger partial charge in [-0.25, -0.2) is 4.98 Å². The SMILES string of the molecule is CCOc1ccc2ccccc2c1-c1sc(NC(C)=O)nc1C. The van der Waals surface area contributed by atoms with E-state index in [9.17, 15) is 4.79 Å². The molecule has 0 radical (unpaired) electrons. The van der Waals surface area contributed by atoms with Crippen molar-refractivity contribution in [1.82, 2.24) is 4.98 Å². The average Bonchev–Trinajstić information content (AvgIpc) is 2.86. The summed E-state index contributed by atoms with van der Waals surface area (Å²) in [5.74, 6) is 0.723. The van der Waals surface area contributed by atoms with Gasteiger partial charge in [-0.3, -0.25) is 4.79 Å². The Balaban J connectivity index is 2.23. The molecule has 1 amide bonds. The first kappa shape index (κ1) is 15.5. The quantitative estimate of drug-likeness (QED) is 0.760. The van der Waals surface area contributed by atoms with Crippen LogP contribution in [0.3, 0.4) is 0 Å². The van der Waals surface area contributed by atoms with E-state index < -0.39 is 0 Å².